The van der Waals surface area contributed by atoms with Gasteiger partial charge in [0.2, 0.25) is 11.6 Å². The van der Waals surface area contributed by atoms with Crippen molar-refractivity contribution in [2.45, 2.75) is 0 Å². The number of methoxy groups -OCH3 is 1. The molecule has 0 fully saturated rings. The van der Waals surface area contributed by atoms with Crippen LogP contribution in [0.25, 0.3) is 6.08 Å². The van der Waals surface area contributed by atoms with Gasteiger partial charge in [-0.05, 0) is 29.8 Å². The first kappa shape index (κ1) is 14.7. The van der Waals surface area contributed by atoms with Crippen molar-refractivity contribution in [3.63, 3.8) is 0 Å². The zero-order chi connectivity index (χ0) is 16.4. The highest BCUT2D eigenvalue weighted by Gasteiger charge is 2.25. The second kappa shape index (κ2) is 5.88. The van der Waals surface area contributed by atoms with Crippen molar-refractivity contribution in [1.29, 1.82) is 0 Å². The molecule has 5 nitrogen and oxygen atoms in total. The number of rotatable bonds is 3. The van der Waals surface area contributed by atoms with Crippen LogP contribution in [0, 0.1) is 0 Å². The Labute approximate surface area is 132 Å². The van der Waals surface area contributed by atoms with Gasteiger partial charge in [-0.15, -0.1) is 0 Å². The van der Waals surface area contributed by atoms with Crippen LogP contribution in [0.3, 0.4) is 0 Å². The normalized spacial score (nSPS) is 12.7. The largest absolute Gasteiger partial charge is 0.496 e. The van der Waals surface area contributed by atoms with Crippen LogP contribution in [0.1, 0.15) is 26.3 Å². The van der Waals surface area contributed by atoms with Crippen molar-refractivity contribution in [1.82, 2.24) is 0 Å². The van der Waals surface area contributed by atoms with Gasteiger partial charge in [0.1, 0.15) is 5.75 Å². The van der Waals surface area contributed by atoms with Gasteiger partial charge in [0.05, 0.1) is 23.9 Å². The van der Waals surface area contributed by atoms with Crippen molar-refractivity contribution in [3.8, 4) is 5.75 Å². The monoisotopic (exact) mass is 307 g/mol. The third-order valence-corrected chi connectivity index (χ3v) is 3.56. The van der Waals surface area contributed by atoms with E-state index in [0.29, 0.717) is 22.6 Å². The first-order valence-electron chi connectivity index (χ1n) is 6.96. The van der Waals surface area contributed by atoms with Gasteiger partial charge in [-0.2, -0.15) is 0 Å². The number of allylic oxidation sites excluding steroid dienone is 1. The fourth-order valence-corrected chi connectivity index (χ4v) is 2.45. The molecule has 1 aliphatic rings. The number of ether oxygens (including phenoxy) is 1. The number of carbonyl (C=O) groups is 3. The Kier molecular flexibility index (Phi) is 3.76. The fourth-order valence-electron chi connectivity index (χ4n) is 2.45. The maximum Gasteiger partial charge on any atom is 0.259 e. The van der Waals surface area contributed by atoms with E-state index in [4.69, 9.17) is 4.74 Å². The van der Waals surface area contributed by atoms with Crippen molar-refractivity contribution in [3.05, 3.63) is 65.2 Å². The molecule has 0 aliphatic heterocycles. The van der Waals surface area contributed by atoms with E-state index in [1.165, 1.54) is 13.2 Å². The van der Waals surface area contributed by atoms with Gasteiger partial charge in [-0.3, -0.25) is 14.4 Å². The number of anilines is 1. The molecular formula is C18H13NO4. The van der Waals surface area contributed by atoms with Crippen LogP contribution in [0.4, 0.5) is 5.69 Å². The zero-order valence-electron chi connectivity index (χ0n) is 12.3. The number of fused-ring (bicyclic) bond motifs is 1. The SMILES string of the molecule is COc1ccccc1C(=O)Nc1cccc2c1C(=O)C(=O)C=C2. The molecular weight excluding hydrogens is 294 g/mol. The second-order valence-electron chi connectivity index (χ2n) is 4.95. The molecule has 0 spiro atoms. The summed E-state index contributed by atoms with van der Waals surface area (Å²) in [5.74, 6) is -1.21. The van der Waals surface area contributed by atoms with E-state index in [9.17, 15) is 14.4 Å². The summed E-state index contributed by atoms with van der Waals surface area (Å²) in [5.41, 5.74) is 1.47. The van der Waals surface area contributed by atoms with Gasteiger partial charge in [0.25, 0.3) is 5.91 Å². The maximum atomic E-state index is 12.5. The maximum absolute atomic E-state index is 12.5. The van der Waals surface area contributed by atoms with E-state index in [2.05, 4.69) is 5.32 Å². The lowest BCUT2D eigenvalue weighted by atomic mass is 9.93. The van der Waals surface area contributed by atoms with Crippen LogP contribution in [0.2, 0.25) is 0 Å². The highest BCUT2D eigenvalue weighted by Crippen LogP contribution is 2.27. The van der Waals surface area contributed by atoms with Gasteiger partial charge in [-0.1, -0.05) is 30.3 Å². The van der Waals surface area contributed by atoms with E-state index in [-0.39, 0.29) is 5.56 Å². The summed E-state index contributed by atoms with van der Waals surface area (Å²) in [4.78, 5) is 36.2. The first-order valence-corrected chi connectivity index (χ1v) is 6.96. The van der Waals surface area contributed by atoms with E-state index >= 15 is 0 Å². The Morgan fingerprint density at radius 1 is 1.00 bits per heavy atom. The van der Waals surface area contributed by atoms with Crippen LogP contribution >= 0.6 is 0 Å². The average Bonchev–Trinajstić information content (AvgIpc) is 2.58. The molecule has 0 bridgehead atoms. The Morgan fingerprint density at radius 2 is 1.78 bits per heavy atom. The Bertz CT molecular complexity index is 852. The molecule has 1 aliphatic carbocycles. The van der Waals surface area contributed by atoms with Crippen LogP contribution in [0.5, 0.6) is 5.75 Å². The summed E-state index contributed by atoms with van der Waals surface area (Å²) in [6, 6.07) is 11.8. The minimum absolute atomic E-state index is 0.211. The van der Waals surface area contributed by atoms with Gasteiger partial charge < -0.3 is 10.1 Å². The van der Waals surface area contributed by atoms with Crippen molar-refractivity contribution < 1.29 is 19.1 Å². The Hall–Kier alpha value is -3.21. The number of carbonyl (C=O) groups excluding carboxylic acids is 3. The second-order valence-corrected chi connectivity index (χ2v) is 4.95. The molecule has 0 atom stereocenters. The van der Waals surface area contributed by atoms with Gasteiger partial charge >= 0.3 is 0 Å². The smallest absolute Gasteiger partial charge is 0.259 e. The molecule has 0 heterocycles. The zero-order valence-corrected chi connectivity index (χ0v) is 12.3. The fraction of sp³-hybridized carbons (Fsp3) is 0.0556. The predicted molar refractivity (Wildman–Crippen MR) is 85.8 cm³/mol. The lowest BCUT2D eigenvalue weighted by molar-refractivity contribution is -0.110. The van der Waals surface area contributed by atoms with Crippen molar-refractivity contribution in [2.24, 2.45) is 0 Å². The number of hydrogen-bond donors (Lipinski definition) is 1. The molecule has 0 unspecified atom stereocenters. The Morgan fingerprint density at radius 3 is 2.57 bits per heavy atom. The quantitative estimate of drug-likeness (QED) is 0.885. The van der Waals surface area contributed by atoms with Crippen molar-refractivity contribution in [2.75, 3.05) is 12.4 Å². The van der Waals surface area contributed by atoms with Crippen LogP contribution in [-0.2, 0) is 4.79 Å². The standard InChI is InChI=1S/C18H13NO4/c1-23-15-8-3-2-6-12(15)18(22)19-13-7-4-5-11-9-10-14(20)17(21)16(11)13/h2-10H,1H3,(H,19,22). The summed E-state index contributed by atoms with van der Waals surface area (Å²) >= 11 is 0. The molecule has 0 saturated carbocycles. The van der Waals surface area contributed by atoms with E-state index in [1.54, 1.807) is 48.5 Å². The summed E-state index contributed by atoms with van der Waals surface area (Å²) in [7, 11) is 1.48. The van der Waals surface area contributed by atoms with Gasteiger partial charge in [-0.25, -0.2) is 0 Å². The summed E-state index contributed by atoms with van der Waals surface area (Å²) in [6.07, 6.45) is 2.80. The molecule has 2 aromatic rings. The lowest BCUT2D eigenvalue weighted by Crippen LogP contribution is -2.21. The third-order valence-electron chi connectivity index (χ3n) is 3.56. The van der Waals surface area contributed by atoms with E-state index in [1.807, 2.05) is 0 Å². The number of nitrogens with one attached hydrogen (secondary N) is 1. The highest BCUT2D eigenvalue weighted by molar-refractivity contribution is 6.51. The summed E-state index contributed by atoms with van der Waals surface area (Å²) in [6.45, 7) is 0. The predicted octanol–water partition coefficient (Wildman–Crippen LogP) is 2.73. The topological polar surface area (TPSA) is 72.5 Å². The van der Waals surface area contributed by atoms with Crippen molar-refractivity contribution >= 4 is 29.2 Å². The molecule has 5 heteroatoms. The summed E-state index contributed by atoms with van der Waals surface area (Å²) < 4.78 is 5.16. The van der Waals surface area contributed by atoms with E-state index < -0.39 is 17.5 Å². The van der Waals surface area contributed by atoms with Gasteiger partial charge in [0, 0.05) is 0 Å². The Balaban J connectivity index is 1.99. The van der Waals surface area contributed by atoms with Crippen LogP contribution in [0.15, 0.2) is 48.5 Å². The lowest BCUT2D eigenvalue weighted by Gasteiger charge is -2.15. The molecule has 2 aromatic carbocycles. The summed E-state index contributed by atoms with van der Waals surface area (Å²) in [5, 5.41) is 2.69. The molecule has 23 heavy (non-hydrogen) atoms. The van der Waals surface area contributed by atoms with E-state index in [0.717, 1.165) is 0 Å². The molecule has 1 amide bonds. The molecule has 114 valence electrons. The molecule has 0 aromatic heterocycles. The molecule has 1 N–H and O–H groups in total. The first-order chi connectivity index (χ1) is 11.1. The average molecular weight is 307 g/mol. The van der Waals surface area contributed by atoms with Crippen LogP contribution in [-0.4, -0.2) is 24.6 Å². The van der Waals surface area contributed by atoms with Crippen LogP contribution < -0.4 is 10.1 Å². The number of hydrogen-bond acceptors (Lipinski definition) is 4. The molecule has 0 saturated heterocycles. The molecule has 3 rings (SSSR count). The molecule has 0 radical (unpaired) electrons. The number of Topliss-reactive ketones (excluding diaryl/α,β-unsaturated/α-hetero) is 1. The minimum atomic E-state index is -0.626. The third kappa shape index (κ3) is 2.64. The van der Waals surface area contributed by atoms with Gasteiger partial charge in [0.15, 0.2) is 0 Å². The highest BCUT2D eigenvalue weighted by atomic mass is 16.5. The number of amides is 1. The number of ketones is 2. The minimum Gasteiger partial charge on any atom is -0.496 e. The number of benzene rings is 2. The number of para-hydroxylation sites is 1.